The van der Waals surface area contributed by atoms with Gasteiger partial charge in [0.05, 0.1) is 11.7 Å². The zero-order valence-electron chi connectivity index (χ0n) is 15.0. The van der Waals surface area contributed by atoms with Crippen molar-refractivity contribution in [2.75, 3.05) is 11.9 Å². The van der Waals surface area contributed by atoms with Gasteiger partial charge in [0.25, 0.3) is 0 Å². The molecule has 140 valence electrons. The molecule has 0 aliphatic carbocycles. The lowest BCUT2D eigenvalue weighted by molar-refractivity contribution is 0.321. The van der Waals surface area contributed by atoms with E-state index in [1.807, 2.05) is 25.1 Å². The Hall–Kier alpha value is -2.86. The molecule has 7 heteroatoms. The predicted molar refractivity (Wildman–Crippen MR) is 108 cm³/mol. The van der Waals surface area contributed by atoms with E-state index >= 15 is 0 Å². The van der Waals surface area contributed by atoms with Gasteiger partial charge in [-0.1, -0.05) is 16.8 Å². The van der Waals surface area contributed by atoms with Gasteiger partial charge in [-0.3, -0.25) is 4.98 Å². The van der Waals surface area contributed by atoms with Crippen molar-refractivity contribution in [2.24, 2.45) is 5.16 Å². The standard InChI is InChI=1S/C20H21ClN4O2/c1-13-10-14(21)11-16-17(7-9-23-20(13)16)22-8-3-2-4-15-5-6-19(26)18(25-15)12-24-27/h5-7,9-12,26-27H,2-4,8H2,1H3,(H,22,23)/b24-12+. The van der Waals surface area contributed by atoms with Crippen molar-refractivity contribution in [3.63, 3.8) is 0 Å². The van der Waals surface area contributed by atoms with Gasteiger partial charge in [0, 0.05) is 34.5 Å². The number of hydrogen-bond acceptors (Lipinski definition) is 6. The number of anilines is 1. The average molecular weight is 385 g/mol. The van der Waals surface area contributed by atoms with Crippen molar-refractivity contribution >= 4 is 34.4 Å². The molecule has 27 heavy (non-hydrogen) atoms. The van der Waals surface area contributed by atoms with Gasteiger partial charge in [0.1, 0.15) is 11.4 Å². The monoisotopic (exact) mass is 384 g/mol. The van der Waals surface area contributed by atoms with E-state index in [0.717, 1.165) is 59.9 Å². The normalized spacial score (nSPS) is 11.3. The minimum Gasteiger partial charge on any atom is -0.506 e. The Morgan fingerprint density at radius 1 is 1.22 bits per heavy atom. The number of hydrogen-bond donors (Lipinski definition) is 3. The van der Waals surface area contributed by atoms with Crippen LogP contribution in [0.5, 0.6) is 5.75 Å². The number of nitrogens with zero attached hydrogens (tertiary/aromatic N) is 3. The molecule has 0 radical (unpaired) electrons. The Morgan fingerprint density at radius 3 is 2.89 bits per heavy atom. The number of aryl methyl sites for hydroxylation is 2. The number of fused-ring (bicyclic) bond motifs is 1. The molecule has 0 saturated heterocycles. The molecule has 0 saturated carbocycles. The Kier molecular flexibility index (Phi) is 6.08. The summed E-state index contributed by atoms with van der Waals surface area (Å²) in [5.74, 6) is -0.00302. The van der Waals surface area contributed by atoms with E-state index < -0.39 is 0 Å². The van der Waals surface area contributed by atoms with Crippen molar-refractivity contribution in [2.45, 2.75) is 26.2 Å². The molecule has 1 aromatic carbocycles. The molecule has 0 aliphatic rings. The average Bonchev–Trinajstić information content (AvgIpc) is 2.64. The quantitative estimate of drug-likeness (QED) is 0.241. The van der Waals surface area contributed by atoms with Crippen molar-refractivity contribution in [1.29, 1.82) is 0 Å². The second-order valence-corrected chi connectivity index (χ2v) is 6.75. The van der Waals surface area contributed by atoms with Gasteiger partial charge in [0.15, 0.2) is 0 Å². The molecule has 0 atom stereocenters. The SMILES string of the molecule is Cc1cc(Cl)cc2c(NCCCCc3ccc(O)c(/C=N/O)n3)ccnc12. The molecular formula is C20H21ClN4O2. The van der Waals surface area contributed by atoms with Crippen LogP contribution in [0, 0.1) is 6.92 Å². The first kappa shape index (κ1) is 18.9. The molecule has 0 fully saturated rings. The van der Waals surface area contributed by atoms with Gasteiger partial charge >= 0.3 is 0 Å². The van der Waals surface area contributed by atoms with E-state index in [1.165, 1.54) is 0 Å². The third-order valence-electron chi connectivity index (χ3n) is 4.32. The van der Waals surface area contributed by atoms with Crippen LogP contribution in [0.25, 0.3) is 10.9 Å². The minimum absolute atomic E-state index is 0.00302. The Morgan fingerprint density at radius 2 is 2.07 bits per heavy atom. The number of rotatable bonds is 7. The number of aromatic hydroxyl groups is 1. The van der Waals surface area contributed by atoms with Gasteiger partial charge in [-0.2, -0.15) is 0 Å². The van der Waals surface area contributed by atoms with E-state index in [4.69, 9.17) is 16.8 Å². The van der Waals surface area contributed by atoms with Crippen LogP contribution < -0.4 is 5.32 Å². The van der Waals surface area contributed by atoms with Gasteiger partial charge in [-0.15, -0.1) is 0 Å². The molecule has 3 rings (SSSR count). The summed E-state index contributed by atoms with van der Waals surface area (Å²) in [6.07, 6.45) is 5.59. The summed E-state index contributed by atoms with van der Waals surface area (Å²) in [7, 11) is 0. The number of unbranched alkanes of at least 4 members (excludes halogenated alkanes) is 1. The second kappa shape index (κ2) is 8.68. The number of pyridine rings is 2. The number of benzene rings is 1. The highest BCUT2D eigenvalue weighted by molar-refractivity contribution is 6.31. The van der Waals surface area contributed by atoms with Crippen LogP contribution >= 0.6 is 11.6 Å². The summed E-state index contributed by atoms with van der Waals surface area (Å²) in [5.41, 5.74) is 4.15. The first-order valence-electron chi connectivity index (χ1n) is 8.73. The van der Waals surface area contributed by atoms with Crippen molar-refractivity contribution in [3.05, 3.63) is 58.5 Å². The summed E-state index contributed by atoms with van der Waals surface area (Å²) < 4.78 is 0. The Labute approximate surface area is 162 Å². The molecule has 0 spiro atoms. The maximum atomic E-state index is 9.64. The highest BCUT2D eigenvalue weighted by Crippen LogP contribution is 2.27. The number of nitrogens with one attached hydrogen (secondary N) is 1. The molecule has 0 unspecified atom stereocenters. The van der Waals surface area contributed by atoms with E-state index in [-0.39, 0.29) is 11.4 Å². The maximum Gasteiger partial charge on any atom is 0.142 e. The van der Waals surface area contributed by atoms with Crippen molar-refractivity contribution in [3.8, 4) is 5.75 Å². The highest BCUT2D eigenvalue weighted by atomic mass is 35.5. The molecule has 2 heterocycles. The van der Waals surface area contributed by atoms with E-state index in [1.54, 1.807) is 18.3 Å². The molecular weight excluding hydrogens is 364 g/mol. The summed E-state index contributed by atoms with van der Waals surface area (Å²) in [6, 6.07) is 9.15. The van der Waals surface area contributed by atoms with Crippen molar-refractivity contribution in [1.82, 2.24) is 9.97 Å². The fourth-order valence-corrected chi connectivity index (χ4v) is 3.27. The van der Waals surface area contributed by atoms with Crippen LogP contribution in [0.3, 0.4) is 0 Å². The lowest BCUT2D eigenvalue weighted by Crippen LogP contribution is -2.04. The lowest BCUT2D eigenvalue weighted by atomic mass is 10.1. The second-order valence-electron chi connectivity index (χ2n) is 6.31. The molecule has 3 N–H and O–H groups in total. The van der Waals surface area contributed by atoms with E-state index in [0.29, 0.717) is 5.02 Å². The van der Waals surface area contributed by atoms with Crippen LogP contribution in [-0.2, 0) is 6.42 Å². The first-order valence-corrected chi connectivity index (χ1v) is 9.11. The molecule has 0 bridgehead atoms. The number of oxime groups is 1. The summed E-state index contributed by atoms with van der Waals surface area (Å²) >= 11 is 6.19. The smallest absolute Gasteiger partial charge is 0.142 e. The van der Waals surface area contributed by atoms with Crippen LogP contribution in [0.2, 0.25) is 5.02 Å². The fraction of sp³-hybridized carbons (Fsp3) is 0.250. The lowest BCUT2D eigenvalue weighted by Gasteiger charge is -2.11. The molecule has 6 nitrogen and oxygen atoms in total. The molecule has 2 aromatic heterocycles. The maximum absolute atomic E-state index is 9.64. The highest BCUT2D eigenvalue weighted by Gasteiger charge is 2.06. The Bertz CT molecular complexity index is 976. The largest absolute Gasteiger partial charge is 0.506 e. The first-order chi connectivity index (χ1) is 13.1. The van der Waals surface area contributed by atoms with Crippen LogP contribution in [-0.4, -0.2) is 33.0 Å². The van der Waals surface area contributed by atoms with Crippen LogP contribution in [0.4, 0.5) is 5.69 Å². The summed E-state index contributed by atoms with van der Waals surface area (Å²) in [4.78, 5) is 8.72. The number of halogens is 1. The van der Waals surface area contributed by atoms with Crippen LogP contribution in [0.1, 0.15) is 29.8 Å². The van der Waals surface area contributed by atoms with Gasteiger partial charge in [0.2, 0.25) is 0 Å². The summed E-state index contributed by atoms with van der Waals surface area (Å²) in [6.45, 7) is 2.82. The zero-order chi connectivity index (χ0) is 19.2. The van der Waals surface area contributed by atoms with Gasteiger partial charge < -0.3 is 15.6 Å². The van der Waals surface area contributed by atoms with Crippen LogP contribution in [0.15, 0.2) is 41.7 Å². The Balaban J connectivity index is 1.57. The fourth-order valence-electron chi connectivity index (χ4n) is 3.00. The van der Waals surface area contributed by atoms with Gasteiger partial charge in [-0.05, 0) is 62.1 Å². The van der Waals surface area contributed by atoms with Crippen molar-refractivity contribution < 1.29 is 10.3 Å². The van der Waals surface area contributed by atoms with Gasteiger partial charge in [-0.25, -0.2) is 4.98 Å². The minimum atomic E-state index is -0.00302. The summed E-state index contributed by atoms with van der Waals surface area (Å²) in [5, 5.41) is 26.3. The number of aromatic nitrogens is 2. The third kappa shape index (κ3) is 4.65. The molecule has 0 amide bonds. The van der Waals surface area contributed by atoms with E-state index in [2.05, 4.69) is 20.4 Å². The van der Waals surface area contributed by atoms with E-state index in [9.17, 15) is 5.11 Å². The topological polar surface area (TPSA) is 90.6 Å². The zero-order valence-corrected chi connectivity index (χ0v) is 15.7. The molecule has 0 aliphatic heterocycles. The predicted octanol–water partition coefficient (Wildman–Crippen LogP) is 4.54. The molecule has 3 aromatic rings. The third-order valence-corrected chi connectivity index (χ3v) is 4.53.